The fourth-order valence-corrected chi connectivity index (χ4v) is 3.13. The van der Waals surface area contributed by atoms with Gasteiger partial charge in [-0.15, -0.1) is 6.58 Å². The lowest BCUT2D eigenvalue weighted by molar-refractivity contribution is 0.480. The van der Waals surface area contributed by atoms with Crippen molar-refractivity contribution in [1.29, 1.82) is 0 Å². The molecule has 0 aromatic heterocycles. The van der Waals surface area contributed by atoms with Crippen LogP contribution in [-0.4, -0.2) is 12.3 Å². The summed E-state index contributed by atoms with van der Waals surface area (Å²) >= 11 is 0. The normalized spacial score (nSPS) is 14.1. The molecule has 0 bridgehead atoms. The van der Waals surface area contributed by atoms with Gasteiger partial charge in [0.05, 0.1) is 0 Å². The van der Waals surface area contributed by atoms with Crippen LogP contribution >= 0.6 is 7.37 Å². The van der Waals surface area contributed by atoms with Crippen LogP contribution in [0.5, 0.6) is 5.75 Å². The zero-order chi connectivity index (χ0) is 11.9. The summed E-state index contributed by atoms with van der Waals surface area (Å²) in [6.07, 6.45) is 4.83. The minimum atomic E-state index is -2.50. The lowest BCUT2D eigenvalue weighted by Crippen LogP contribution is -2.00. The van der Waals surface area contributed by atoms with Crippen molar-refractivity contribution >= 4 is 7.37 Å². The molecule has 0 heterocycles. The minimum absolute atomic E-state index is 0.582. The first-order valence-corrected chi connectivity index (χ1v) is 7.63. The molecule has 0 radical (unpaired) electrons. The van der Waals surface area contributed by atoms with Gasteiger partial charge in [-0.05, 0) is 25.0 Å². The Morgan fingerprint density at radius 3 is 2.62 bits per heavy atom. The number of para-hydroxylation sites is 1. The fourth-order valence-electron chi connectivity index (χ4n) is 1.42. The first kappa shape index (κ1) is 13.1. The highest BCUT2D eigenvalue weighted by Crippen LogP contribution is 2.47. The average Bonchev–Trinajstić information content (AvgIpc) is 2.31. The molecular weight excluding hydrogens is 219 g/mol. The maximum Gasteiger partial charge on any atom is 0.247 e. The van der Waals surface area contributed by atoms with Gasteiger partial charge in [0, 0.05) is 12.3 Å². The Hall–Kier alpha value is -1.01. The standard InChI is InChI=1S/C13H19O2P/c1-3-5-9-12-16(14,4-2)15-13-10-7-6-8-11-13/h3,6-8,10-11H,1,4-5,9,12H2,2H3. The molecule has 0 saturated carbocycles. The van der Waals surface area contributed by atoms with Gasteiger partial charge < -0.3 is 4.52 Å². The summed E-state index contributed by atoms with van der Waals surface area (Å²) in [7, 11) is -2.50. The second-order valence-electron chi connectivity index (χ2n) is 3.69. The van der Waals surface area contributed by atoms with E-state index in [9.17, 15) is 4.57 Å². The highest BCUT2D eigenvalue weighted by molar-refractivity contribution is 7.59. The van der Waals surface area contributed by atoms with E-state index in [0.29, 0.717) is 18.1 Å². The lowest BCUT2D eigenvalue weighted by Gasteiger charge is -2.17. The number of unbranched alkanes of at least 4 members (excludes halogenated alkanes) is 1. The van der Waals surface area contributed by atoms with E-state index < -0.39 is 7.37 Å². The molecule has 0 saturated heterocycles. The Bertz CT molecular complexity index is 359. The van der Waals surface area contributed by atoms with E-state index in [1.54, 1.807) is 0 Å². The summed E-state index contributed by atoms with van der Waals surface area (Å²) in [5.41, 5.74) is 0. The Balaban J connectivity index is 2.59. The summed E-state index contributed by atoms with van der Waals surface area (Å²) in [5, 5.41) is 0. The van der Waals surface area contributed by atoms with Crippen LogP contribution in [0.25, 0.3) is 0 Å². The maximum atomic E-state index is 12.4. The number of hydrogen-bond acceptors (Lipinski definition) is 2. The Morgan fingerprint density at radius 2 is 2.06 bits per heavy atom. The molecule has 1 unspecified atom stereocenters. The minimum Gasteiger partial charge on any atom is -0.443 e. The van der Waals surface area contributed by atoms with Crippen LogP contribution in [-0.2, 0) is 4.57 Å². The monoisotopic (exact) mass is 238 g/mol. The second-order valence-corrected chi connectivity index (χ2v) is 6.58. The summed E-state index contributed by atoms with van der Waals surface area (Å²) < 4.78 is 18.0. The van der Waals surface area contributed by atoms with E-state index in [4.69, 9.17) is 4.52 Å². The molecule has 0 spiro atoms. The predicted molar refractivity (Wildman–Crippen MR) is 69.5 cm³/mol. The van der Waals surface area contributed by atoms with Crippen molar-refractivity contribution in [3.8, 4) is 5.75 Å². The topological polar surface area (TPSA) is 26.3 Å². The smallest absolute Gasteiger partial charge is 0.247 e. The number of rotatable bonds is 7. The molecule has 1 aromatic rings. The molecule has 0 N–H and O–H groups in total. The van der Waals surface area contributed by atoms with Crippen LogP contribution in [0, 0.1) is 0 Å². The van der Waals surface area contributed by atoms with Crippen molar-refractivity contribution in [1.82, 2.24) is 0 Å². The van der Waals surface area contributed by atoms with Gasteiger partial charge in [-0.25, -0.2) is 0 Å². The van der Waals surface area contributed by atoms with Crippen molar-refractivity contribution in [2.24, 2.45) is 0 Å². The van der Waals surface area contributed by atoms with Crippen LogP contribution in [0.1, 0.15) is 19.8 Å². The van der Waals surface area contributed by atoms with Crippen molar-refractivity contribution < 1.29 is 9.09 Å². The van der Waals surface area contributed by atoms with Gasteiger partial charge in [0.15, 0.2) is 0 Å². The SMILES string of the molecule is C=CCCCP(=O)(CC)Oc1ccccc1. The first-order chi connectivity index (χ1) is 7.70. The molecule has 1 rings (SSSR count). The Kier molecular flexibility index (Phi) is 5.34. The van der Waals surface area contributed by atoms with E-state index in [1.807, 2.05) is 43.3 Å². The molecule has 0 amide bonds. The first-order valence-electron chi connectivity index (χ1n) is 5.64. The Labute approximate surface area is 97.8 Å². The maximum absolute atomic E-state index is 12.4. The molecule has 0 aliphatic heterocycles. The van der Waals surface area contributed by atoms with Crippen molar-refractivity contribution in [2.75, 3.05) is 12.3 Å². The van der Waals surface area contributed by atoms with Crippen LogP contribution in [0.3, 0.4) is 0 Å². The van der Waals surface area contributed by atoms with Gasteiger partial charge in [0.1, 0.15) is 5.75 Å². The number of hydrogen-bond donors (Lipinski definition) is 0. The van der Waals surface area contributed by atoms with Crippen molar-refractivity contribution in [3.63, 3.8) is 0 Å². The quantitative estimate of drug-likeness (QED) is 0.401. The van der Waals surface area contributed by atoms with Gasteiger partial charge in [-0.2, -0.15) is 0 Å². The highest BCUT2D eigenvalue weighted by Gasteiger charge is 2.20. The fraction of sp³-hybridized carbons (Fsp3) is 0.385. The van der Waals surface area contributed by atoms with E-state index in [2.05, 4.69) is 6.58 Å². The molecule has 0 fully saturated rings. The van der Waals surface area contributed by atoms with Crippen molar-refractivity contribution in [2.45, 2.75) is 19.8 Å². The van der Waals surface area contributed by atoms with Crippen LogP contribution in [0.2, 0.25) is 0 Å². The molecule has 88 valence electrons. The molecule has 1 atom stereocenters. The summed E-state index contributed by atoms with van der Waals surface area (Å²) in [6.45, 7) is 5.57. The molecule has 0 aliphatic rings. The molecule has 16 heavy (non-hydrogen) atoms. The van der Waals surface area contributed by atoms with Crippen LogP contribution < -0.4 is 4.52 Å². The van der Waals surface area contributed by atoms with Gasteiger partial charge in [-0.1, -0.05) is 31.2 Å². The van der Waals surface area contributed by atoms with E-state index in [0.717, 1.165) is 12.8 Å². The van der Waals surface area contributed by atoms with Crippen LogP contribution in [0.4, 0.5) is 0 Å². The summed E-state index contributed by atoms with van der Waals surface area (Å²) in [6, 6.07) is 9.38. The second kappa shape index (κ2) is 6.55. The molecule has 2 nitrogen and oxygen atoms in total. The largest absolute Gasteiger partial charge is 0.443 e. The molecule has 1 aromatic carbocycles. The van der Waals surface area contributed by atoms with E-state index in [-0.39, 0.29) is 0 Å². The zero-order valence-corrected chi connectivity index (χ0v) is 10.7. The van der Waals surface area contributed by atoms with Gasteiger partial charge >= 0.3 is 0 Å². The number of allylic oxidation sites excluding steroid dienone is 1. The highest BCUT2D eigenvalue weighted by atomic mass is 31.2. The van der Waals surface area contributed by atoms with E-state index in [1.165, 1.54) is 0 Å². The lowest BCUT2D eigenvalue weighted by atomic mass is 10.3. The van der Waals surface area contributed by atoms with Crippen LogP contribution in [0.15, 0.2) is 43.0 Å². The third kappa shape index (κ3) is 4.24. The molecule has 0 aliphatic carbocycles. The van der Waals surface area contributed by atoms with E-state index >= 15 is 0 Å². The average molecular weight is 238 g/mol. The van der Waals surface area contributed by atoms with Gasteiger partial charge in [-0.3, -0.25) is 4.57 Å². The third-order valence-corrected chi connectivity index (χ3v) is 4.91. The van der Waals surface area contributed by atoms with Gasteiger partial charge in [0.2, 0.25) is 7.37 Å². The summed E-state index contributed by atoms with van der Waals surface area (Å²) in [4.78, 5) is 0. The van der Waals surface area contributed by atoms with Gasteiger partial charge in [0.25, 0.3) is 0 Å². The zero-order valence-electron chi connectivity index (χ0n) is 9.76. The number of benzene rings is 1. The van der Waals surface area contributed by atoms with Crippen molar-refractivity contribution in [3.05, 3.63) is 43.0 Å². The summed E-state index contributed by atoms with van der Waals surface area (Å²) in [5.74, 6) is 0.700. The third-order valence-electron chi connectivity index (χ3n) is 2.40. The predicted octanol–water partition coefficient (Wildman–Crippen LogP) is 4.33. The molecule has 3 heteroatoms. The molecular formula is C13H19O2P. The Morgan fingerprint density at radius 1 is 1.38 bits per heavy atom.